The Labute approximate surface area is 136 Å². The Morgan fingerprint density at radius 1 is 1.22 bits per heavy atom. The van der Waals surface area contributed by atoms with Crippen molar-refractivity contribution >= 4 is 17.2 Å². The third-order valence-electron chi connectivity index (χ3n) is 4.08. The van der Waals surface area contributed by atoms with Gasteiger partial charge in [0, 0.05) is 28.6 Å². The van der Waals surface area contributed by atoms with Crippen molar-refractivity contribution in [2.45, 2.75) is 19.4 Å². The predicted octanol–water partition coefficient (Wildman–Crippen LogP) is 3.34. The molecule has 118 valence electrons. The molecule has 0 bridgehead atoms. The lowest BCUT2D eigenvalue weighted by Crippen LogP contribution is -2.28. The molecule has 3 rings (SSSR count). The minimum atomic E-state index is -0.233. The molecule has 0 fully saturated rings. The smallest absolute Gasteiger partial charge is 0.187 e. The van der Waals surface area contributed by atoms with Crippen molar-refractivity contribution in [3.63, 3.8) is 0 Å². The van der Waals surface area contributed by atoms with Crippen molar-refractivity contribution in [2.75, 3.05) is 12.8 Å². The van der Waals surface area contributed by atoms with Gasteiger partial charge in [-0.2, -0.15) is 0 Å². The number of nitrogen functional groups attached to an aromatic ring is 1. The lowest BCUT2D eigenvalue weighted by molar-refractivity contribution is 0.104. The zero-order chi connectivity index (χ0) is 16.6. The summed E-state index contributed by atoms with van der Waals surface area (Å²) in [5.41, 5.74) is 9.62. The van der Waals surface area contributed by atoms with Crippen molar-refractivity contribution in [3.05, 3.63) is 65.2 Å². The molecule has 0 radical (unpaired) electrons. The highest BCUT2D eigenvalue weighted by Crippen LogP contribution is 2.38. The van der Waals surface area contributed by atoms with E-state index in [2.05, 4.69) is 19.2 Å². The highest BCUT2D eigenvalue weighted by molar-refractivity contribution is 6.09. The molecule has 0 atom stereocenters. The fourth-order valence-corrected chi connectivity index (χ4v) is 2.91. The van der Waals surface area contributed by atoms with E-state index in [0.29, 0.717) is 11.3 Å². The lowest BCUT2D eigenvalue weighted by Gasteiger charge is -2.20. The van der Waals surface area contributed by atoms with Crippen molar-refractivity contribution in [3.8, 4) is 5.75 Å². The van der Waals surface area contributed by atoms with Crippen molar-refractivity contribution in [2.24, 2.45) is 0 Å². The summed E-state index contributed by atoms with van der Waals surface area (Å²) in [4.78, 5) is 12.5. The number of fused-ring (bicyclic) bond motifs is 1. The Morgan fingerprint density at radius 2 is 2.00 bits per heavy atom. The molecular formula is C19H20N2O2. The molecule has 2 aromatic rings. The van der Waals surface area contributed by atoms with E-state index in [1.807, 2.05) is 18.2 Å². The topological polar surface area (TPSA) is 64.3 Å². The quantitative estimate of drug-likeness (QED) is 0.518. The standard InChI is InChI=1S/C19H20N2O2/c1-19(2)16-8-7-14(23-3)10-15(16)17(21-19)11-18(22)12-5-4-6-13(20)9-12/h4-11,21H,20H2,1-3H3/b17-11-. The van der Waals surface area contributed by atoms with E-state index in [0.717, 1.165) is 22.6 Å². The second-order valence-electron chi connectivity index (χ2n) is 6.21. The Morgan fingerprint density at radius 3 is 2.70 bits per heavy atom. The molecule has 0 aromatic heterocycles. The van der Waals surface area contributed by atoms with E-state index in [9.17, 15) is 4.79 Å². The number of hydrogen-bond donors (Lipinski definition) is 2. The molecule has 23 heavy (non-hydrogen) atoms. The minimum absolute atomic E-state index is 0.0775. The van der Waals surface area contributed by atoms with E-state index >= 15 is 0 Å². The zero-order valence-electron chi connectivity index (χ0n) is 13.5. The predicted molar refractivity (Wildman–Crippen MR) is 92.3 cm³/mol. The van der Waals surface area contributed by atoms with Gasteiger partial charge in [0.25, 0.3) is 0 Å². The fraction of sp³-hybridized carbons (Fsp3) is 0.211. The maximum absolute atomic E-state index is 12.5. The molecule has 4 nitrogen and oxygen atoms in total. The van der Waals surface area contributed by atoms with Gasteiger partial charge >= 0.3 is 0 Å². The Hall–Kier alpha value is -2.75. The first-order valence-corrected chi connectivity index (χ1v) is 7.49. The lowest BCUT2D eigenvalue weighted by atomic mass is 9.94. The molecule has 1 aliphatic heterocycles. The summed E-state index contributed by atoms with van der Waals surface area (Å²) < 4.78 is 5.30. The molecule has 0 aliphatic carbocycles. The number of rotatable bonds is 3. The van der Waals surface area contributed by atoms with Crippen molar-refractivity contribution < 1.29 is 9.53 Å². The number of allylic oxidation sites excluding steroid dienone is 1. The van der Waals surface area contributed by atoms with Crippen LogP contribution < -0.4 is 15.8 Å². The van der Waals surface area contributed by atoms with Crippen LogP contribution in [0.15, 0.2) is 48.5 Å². The summed E-state index contributed by atoms with van der Waals surface area (Å²) in [5, 5.41) is 3.42. The monoisotopic (exact) mass is 308 g/mol. The molecule has 0 unspecified atom stereocenters. The summed E-state index contributed by atoms with van der Waals surface area (Å²) in [6.07, 6.45) is 1.63. The van der Waals surface area contributed by atoms with Crippen LogP contribution in [-0.2, 0) is 5.54 Å². The summed E-state index contributed by atoms with van der Waals surface area (Å²) >= 11 is 0. The van der Waals surface area contributed by atoms with Gasteiger partial charge in [-0.1, -0.05) is 18.2 Å². The number of anilines is 1. The highest BCUT2D eigenvalue weighted by Gasteiger charge is 2.33. The largest absolute Gasteiger partial charge is 0.497 e. The van der Waals surface area contributed by atoms with E-state index < -0.39 is 0 Å². The number of carbonyl (C=O) groups is 1. The average molecular weight is 308 g/mol. The Bertz CT molecular complexity index is 807. The number of nitrogens with two attached hydrogens (primary N) is 1. The molecule has 1 aliphatic rings. The maximum atomic E-state index is 12.5. The Kier molecular flexibility index (Phi) is 3.60. The van der Waals surface area contributed by atoms with Gasteiger partial charge in [-0.25, -0.2) is 0 Å². The second-order valence-corrected chi connectivity index (χ2v) is 6.21. The Balaban J connectivity index is 2.03. The van der Waals surface area contributed by atoms with Crippen LogP contribution in [0.4, 0.5) is 5.69 Å². The van der Waals surface area contributed by atoms with Crippen LogP contribution >= 0.6 is 0 Å². The van der Waals surface area contributed by atoms with E-state index in [4.69, 9.17) is 10.5 Å². The van der Waals surface area contributed by atoms with Crippen LogP contribution in [-0.4, -0.2) is 12.9 Å². The first kappa shape index (κ1) is 15.2. The number of methoxy groups -OCH3 is 1. The van der Waals surface area contributed by atoms with Crippen LogP contribution in [0.5, 0.6) is 5.75 Å². The van der Waals surface area contributed by atoms with Crippen LogP contribution in [0.1, 0.15) is 35.3 Å². The van der Waals surface area contributed by atoms with Gasteiger partial charge in [0.05, 0.1) is 12.6 Å². The van der Waals surface area contributed by atoms with Crippen molar-refractivity contribution in [1.29, 1.82) is 0 Å². The molecule has 0 saturated carbocycles. The molecular weight excluding hydrogens is 288 g/mol. The number of ether oxygens (including phenoxy) is 1. The van der Waals surface area contributed by atoms with Crippen LogP contribution in [0.25, 0.3) is 5.70 Å². The first-order valence-electron chi connectivity index (χ1n) is 7.49. The molecule has 2 aromatic carbocycles. The summed E-state index contributed by atoms with van der Waals surface area (Å²) in [6, 6.07) is 12.9. The van der Waals surface area contributed by atoms with Crippen molar-refractivity contribution in [1.82, 2.24) is 5.32 Å². The molecule has 3 N–H and O–H groups in total. The zero-order valence-corrected chi connectivity index (χ0v) is 13.5. The second kappa shape index (κ2) is 5.47. The normalized spacial score (nSPS) is 16.7. The molecule has 0 spiro atoms. The third-order valence-corrected chi connectivity index (χ3v) is 4.08. The van der Waals surface area contributed by atoms with Gasteiger partial charge in [-0.15, -0.1) is 0 Å². The van der Waals surface area contributed by atoms with Gasteiger partial charge in [-0.05, 0) is 43.7 Å². The van der Waals surface area contributed by atoms with Crippen LogP contribution in [0.2, 0.25) is 0 Å². The fourth-order valence-electron chi connectivity index (χ4n) is 2.91. The maximum Gasteiger partial charge on any atom is 0.187 e. The third kappa shape index (κ3) is 2.80. The molecule has 4 heteroatoms. The number of ketones is 1. The van der Waals surface area contributed by atoms with E-state index in [-0.39, 0.29) is 11.3 Å². The van der Waals surface area contributed by atoms with Gasteiger partial charge in [-0.3, -0.25) is 4.79 Å². The van der Waals surface area contributed by atoms with E-state index in [1.165, 1.54) is 0 Å². The molecule has 1 heterocycles. The van der Waals surface area contributed by atoms with Gasteiger partial charge in [0.2, 0.25) is 0 Å². The van der Waals surface area contributed by atoms with Gasteiger partial charge in [0.15, 0.2) is 5.78 Å². The average Bonchev–Trinajstić information content (AvgIpc) is 2.77. The number of benzene rings is 2. The SMILES string of the molecule is COc1ccc2c(c1)/C(=C/C(=O)c1cccc(N)c1)NC2(C)C. The summed E-state index contributed by atoms with van der Waals surface area (Å²) in [6.45, 7) is 4.17. The first-order chi connectivity index (χ1) is 10.9. The highest BCUT2D eigenvalue weighted by atomic mass is 16.5. The number of hydrogen-bond acceptors (Lipinski definition) is 4. The summed E-state index contributed by atoms with van der Waals surface area (Å²) in [7, 11) is 1.64. The van der Waals surface area contributed by atoms with Gasteiger partial charge in [0.1, 0.15) is 5.75 Å². The number of carbonyl (C=O) groups excluding carboxylic acids is 1. The number of nitrogens with one attached hydrogen (secondary N) is 1. The van der Waals surface area contributed by atoms with E-state index in [1.54, 1.807) is 37.5 Å². The summed E-state index contributed by atoms with van der Waals surface area (Å²) in [5.74, 6) is 0.692. The van der Waals surface area contributed by atoms with Gasteiger partial charge < -0.3 is 15.8 Å². The minimum Gasteiger partial charge on any atom is -0.497 e. The van der Waals surface area contributed by atoms with Crippen LogP contribution in [0.3, 0.4) is 0 Å². The van der Waals surface area contributed by atoms with Crippen LogP contribution in [0, 0.1) is 0 Å². The molecule has 0 amide bonds. The molecule has 0 saturated heterocycles.